The van der Waals surface area contributed by atoms with Crippen LogP contribution in [0.5, 0.6) is 5.75 Å². The summed E-state index contributed by atoms with van der Waals surface area (Å²) in [5.74, 6) is 0.502. The van der Waals surface area contributed by atoms with Gasteiger partial charge in [0, 0.05) is 11.9 Å². The van der Waals surface area contributed by atoms with Gasteiger partial charge < -0.3 is 10.1 Å². The van der Waals surface area contributed by atoms with E-state index in [9.17, 15) is 4.79 Å². The van der Waals surface area contributed by atoms with Crippen LogP contribution in [-0.2, 0) is 4.79 Å². The minimum atomic E-state index is -0.184. The second-order valence-corrected chi connectivity index (χ2v) is 5.98. The Labute approximate surface area is 138 Å². The van der Waals surface area contributed by atoms with Crippen LogP contribution >= 0.6 is 11.3 Å². The van der Waals surface area contributed by atoms with Gasteiger partial charge in [0.25, 0.3) is 5.91 Å². The van der Waals surface area contributed by atoms with Gasteiger partial charge in [-0.1, -0.05) is 29.8 Å². The summed E-state index contributed by atoms with van der Waals surface area (Å²) >= 11 is 1.58. The SMILES string of the molecule is Cc1ccc(OCC(=O)Nc2ccc(-c3cncs3)cc2)cc1. The van der Waals surface area contributed by atoms with Crippen molar-refractivity contribution < 1.29 is 9.53 Å². The number of aromatic nitrogens is 1. The molecule has 3 aromatic rings. The third-order valence-corrected chi connectivity index (χ3v) is 4.10. The number of benzene rings is 2. The van der Waals surface area contributed by atoms with E-state index in [1.54, 1.807) is 16.8 Å². The fraction of sp³-hybridized carbons (Fsp3) is 0.111. The number of hydrogen-bond donors (Lipinski definition) is 1. The van der Waals surface area contributed by atoms with Crippen molar-refractivity contribution in [1.29, 1.82) is 0 Å². The van der Waals surface area contributed by atoms with E-state index in [4.69, 9.17) is 4.74 Å². The molecule has 0 atom stereocenters. The summed E-state index contributed by atoms with van der Waals surface area (Å²) in [7, 11) is 0. The lowest BCUT2D eigenvalue weighted by Gasteiger charge is -2.08. The molecule has 116 valence electrons. The van der Waals surface area contributed by atoms with Gasteiger partial charge >= 0.3 is 0 Å². The lowest BCUT2D eigenvalue weighted by atomic mass is 10.2. The highest BCUT2D eigenvalue weighted by atomic mass is 32.1. The van der Waals surface area contributed by atoms with Crippen LogP contribution in [0.15, 0.2) is 60.2 Å². The van der Waals surface area contributed by atoms with E-state index in [0.717, 1.165) is 21.7 Å². The molecule has 1 aromatic heterocycles. The van der Waals surface area contributed by atoms with Crippen molar-refractivity contribution >= 4 is 22.9 Å². The van der Waals surface area contributed by atoms with Crippen LogP contribution in [0.1, 0.15) is 5.56 Å². The van der Waals surface area contributed by atoms with Gasteiger partial charge in [0.1, 0.15) is 5.75 Å². The predicted molar refractivity (Wildman–Crippen MR) is 92.9 cm³/mol. The molecule has 0 fully saturated rings. The van der Waals surface area contributed by atoms with Gasteiger partial charge in [0.2, 0.25) is 0 Å². The third kappa shape index (κ3) is 4.17. The van der Waals surface area contributed by atoms with Crippen LogP contribution in [0.25, 0.3) is 10.4 Å². The van der Waals surface area contributed by atoms with Crippen LogP contribution in [0.2, 0.25) is 0 Å². The summed E-state index contributed by atoms with van der Waals surface area (Å²) in [5.41, 5.74) is 4.79. The van der Waals surface area contributed by atoms with E-state index in [1.165, 1.54) is 0 Å². The first-order valence-electron chi connectivity index (χ1n) is 7.19. The zero-order valence-corrected chi connectivity index (χ0v) is 13.5. The molecule has 0 radical (unpaired) electrons. The highest BCUT2D eigenvalue weighted by Crippen LogP contribution is 2.24. The Morgan fingerprint density at radius 3 is 2.52 bits per heavy atom. The first-order chi connectivity index (χ1) is 11.2. The van der Waals surface area contributed by atoms with Crippen molar-refractivity contribution in [2.75, 3.05) is 11.9 Å². The molecule has 0 aliphatic carbocycles. The van der Waals surface area contributed by atoms with E-state index >= 15 is 0 Å². The lowest BCUT2D eigenvalue weighted by Crippen LogP contribution is -2.20. The first-order valence-corrected chi connectivity index (χ1v) is 8.07. The number of rotatable bonds is 5. The molecule has 23 heavy (non-hydrogen) atoms. The maximum Gasteiger partial charge on any atom is 0.262 e. The molecular weight excluding hydrogens is 308 g/mol. The first kappa shape index (κ1) is 15.2. The van der Waals surface area contributed by atoms with Crippen LogP contribution in [0.4, 0.5) is 5.69 Å². The molecule has 3 rings (SSSR count). The standard InChI is InChI=1S/C18H16N2O2S/c1-13-2-8-16(9-3-13)22-11-18(21)20-15-6-4-14(5-7-15)17-10-19-12-23-17/h2-10,12H,11H2,1H3,(H,20,21). The molecule has 1 amide bonds. The number of ether oxygens (including phenoxy) is 1. The van der Waals surface area contributed by atoms with Crippen molar-refractivity contribution in [2.24, 2.45) is 0 Å². The Kier molecular flexibility index (Phi) is 4.68. The van der Waals surface area contributed by atoms with E-state index < -0.39 is 0 Å². The molecule has 2 aromatic carbocycles. The predicted octanol–water partition coefficient (Wildman–Crippen LogP) is 4.14. The fourth-order valence-electron chi connectivity index (χ4n) is 2.06. The molecule has 0 unspecified atom stereocenters. The van der Waals surface area contributed by atoms with Crippen molar-refractivity contribution in [2.45, 2.75) is 6.92 Å². The van der Waals surface area contributed by atoms with Crippen molar-refractivity contribution in [1.82, 2.24) is 4.98 Å². The number of hydrogen-bond acceptors (Lipinski definition) is 4. The molecule has 0 aliphatic heterocycles. The Bertz CT molecular complexity index is 766. The Morgan fingerprint density at radius 1 is 1.13 bits per heavy atom. The summed E-state index contributed by atoms with van der Waals surface area (Å²) in [4.78, 5) is 17.1. The smallest absolute Gasteiger partial charge is 0.262 e. The molecule has 5 heteroatoms. The van der Waals surface area contributed by atoms with E-state index in [0.29, 0.717) is 5.75 Å². The van der Waals surface area contributed by atoms with Gasteiger partial charge in [-0.25, -0.2) is 0 Å². The van der Waals surface area contributed by atoms with E-state index in [-0.39, 0.29) is 12.5 Å². The van der Waals surface area contributed by atoms with Crippen molar-refractivity contribution in [3.63, 3.8) is 0 Å². The normalized spacial score (nSPS) is 10.3. The number of aryl methyl sites for hydroxylation is 1. The lowest BCUT2D eigenvalue weighted by molar-refractivity contribution is -0.118. The average Bonchev–Trinajstić information content (AvgIpc) is 3.09. The molecule has 0 saturated carbocycles. The number of nitrogens with zero attached hydrogens (tertiary/aromatic N) is 1. The minimum absolute atomic E-state index is 0.0142. The van der Waals surface area contributed by atoms with Gasteiger partial charge in [-0.2, -0.15) is 0 Å². The van der Waals surface area contributed by atoms with Gasteiger partial charge in [-0.05, 0) is 36.8 Å². The van der Waals surface area contributed by atoms with Crippen LogP contribution in [-0.4, -0.2) is 17.5 Å². The monoisotopic (exact) mass is 324 g/mol. The van der Waals surface area contributed by atoms with Crippen molar-refractivity contribution in [3.05, 3.63) is 65.8 Å². The number of thiazole rings is 1. The largest absolute Gasteiger partial charge is 0.484 e. The molecule has 0 spiro atoms. The minimum Gasteiger partial charge on any atom is -0.484 e. The van der Waals surface area contributed by atoms with E-state index in [2.05, 4.69) is 10.3 Å². The zero-order valence-electron chi connectivity index (χ0n) is 12.7. The molecule has 0 saturated heterocycles. The van der Waals surface area contributed by atoms with Gasteiger partial charge in [-0.15, -0.1) is 11.3 Å². The summed E-state index contributed by atoms with van der Waals surface area (Å²) in [6.07, 6.45) is 1.83. The fourth-order valence-corrected chi connectivity index (χ4v) is 2.69. The second-order valence-electron chi connectivity index (χ2n) is 5.09. The van der Waals surface area contributed by atoms with Gasteiger partial charge in [0.05, 0.1) is 10.4 Å². The number of amides is 1. The quantitative estimate of drug-likeness (QED) is 0.767. The zero-order chi connectivity index (χ0) is 16.1. The summed E-state index contributed by atoms with van der Waals surface area (Å²) in [6, 6.07) is 15.3. The molecule has 0 aliphatic rings. The summed E-state index contributed by atoms with van der Waals surface area (Å²) in [5, 5.41) is 2.82. The molecule has 1 N–H and O–H groups in total. The summed E-state index contributed by atoms with van der Waals surface area (Å²) in [6.45, 7) is 1.99. The van der Waals surface area contributed by atoms with E-state index in [1.807, 2.05) is 61.7 Å². The Morgan fingerprint density at radius 2 is 1.87 bits per heavy atom. The Balaban J connectivity index is 1.54. The summed E-state index contributed by atoms with van der Waals surface area (Å²) < 4.78 is 5.46. The average molecular weight is 324 g/mol. The number of carbonyl (C=O) groups is 1. The maximum atomic E-state index is 11.9. The van der Waals surface area contributed by atoms with Crippen LogP contribution in [0, 0.1) is 6.92 Å². The van der Waals surface area contributed by atoms with Gasteiger partial charge in [0.15, 0.2) is 6.61 Å². The highest BCUT2D eigenvalue weighted by molar-refractivity contribution is 7.13. The number of carbonyl (C=O) groups excluding carboxylic acids is 1. The third-order valence-electron chi connectivity index (χ3n) is 3.28. The number of anilines is 1. The molecule has 0 bridgehead atoms. The highest BCUT2D eigenvalue weighted by Gasteiger charge is 2.05. The molecule has 1 heterocycles. The molecule has 4 nitrogen and oxygen atoms in total. The topological polar surface area (TPSA) is 51.2 Å². The van der Waals surface area contributed by atoms with Crippen LogP contribution in [0.3, 0.4) is 0 Å². The Hall–Kier alpha value is -2.66. The second kappa shape index (κ2) is 7.07. The van der Waals surface area contributed by atoms with Crippen molar-refractivity contribution in [3.8, 4) is 16.2 Å². The van der Waals surface area contributed by atoms with Gasteiger partial charge in [-0.3, -0.25) is 9.78 Å². The van der Waals surface area contributed by atoms with Crippen LogP contribution < -0.4 is 10.1 Å². The molecular formula is C18H16N2O2S. The number of nitrogens with one attached hydrogen (secondary N) is 1. The maximum absolute atomic E-state index is 11.9.